The number of rotatable bonds is 2. The number of ether oxygens (including phenoxy) is 1. The number of hydrogen-bond donors (Lipinski definition) is 1. The minimum absolute atomic E-state index is 0.330. The quantitative estimate of drug-likeness (QED) is 0.839. The van der Waals surface area contributed by atoms with Gasteiger partial charge in [0.15, 0.2) is 5.82 Å². The molecule has 3 rings (SSSR count). The molecule has 5 heteroatoms. The van der Waals surface area contributed by atoms with Crippen LogP contribution in [0.5, 0.6) is 0 Å². The Bertz CT molecular complexity index is 554. The average Bonchev–Trinajstić information content (AvgIpc) is 2.89. The molecule has 0 saturated carbocycles. The average molecular weight is 259 g/mol. The first-order chi connectivity index (χ1) is 9.25. The molecule has 0 amide bonds. The molecule has 0 radical (unpaired) electrons. The van der Waals surface area contributed by atoms with E-state index < -0.39 is 0 Å². The molecule has 2 aromatic rings. The van der Waals surface area contributed by atoms with Crippen LogP contribution in [-0.4, -0.2) is 23.4 Å². The van der Waals surface area contributed by atoms with Crippen molar-refractivity contribution in [2.24, 2.45) is 0 Å². The Balaban J connectivity index is 1.92. The first kappa shape index (κ1) is 12.2. The lowest BCUT2D eigenvalue weighted by Crippen LogP contribution is -2.15. The fraction of sp³-hybridized carbons (Fsp3) is 0.429. The van der Waals surface area contributed by atoms with Gasteiger partial charge in [-0.3, -0.25) is 0 Å². The van der Waals surface area contributed by atoms with Gasteiger partial charge < -0.3 is 15.0 Å². The molecule has 1 aliphatic heterocycles. The molecule has 19 heavy (non-hydrogen) atoms. The molecule has 1 aliphatic rings. The zero-order valence-electron chi connectivity index (χ0n) is 10.9. The largest absolute Gasteiger partial charge is 0.398 e. The van der Waals surface area contributed by atoms with Gasteiger partial charge in [-0.15, -0.1) is 0 Å². The number of nitrogen functional groups attached to an aromatic ring is 1. The van der Waals surface area contributed by atoms with Gasteiger partial charge in [-0.05, 0) is 31.4 Å². The van der Waals surface area contributed by atoms with Crippen LogP contribution in [0.25, 0.3) is 11.5 Å². The fourth-order valence-electron chi connectivity index (χ4n) is 2.44. The monoisotopic (exact) mass is 259 g/mol. The van der Waals surface area contributed by atoms with Crippen LogP contribution in [0.2, 0.25) is 0 Å². The minimum Gasteiger partial charge on any atom is -0.398 e. The topological polar surface area (TPSA) is 74.2 Å². The highest BCUT2D eigenvalue weighted by atomic mass is 16.5. The Kier molecular flexibility index (Phi) is 3.21. The van der Waals surface area contributed by atoms with Crippen LogP contribution < -0.4 is 5.73 Å². The highest BCUT2D eigenvalue weighted by Crippen LogP contribution is 2.31. The highest BCUT2D eigenvalue weighted by molar-refractivity contribution is 5.73. The van der Waals surface area contributed by atoms with Gasteiger partial charge in [0, 0.05) is 24.8 Å². The maximum Gasteiger partial charge on any atom is 0.260 e. The van der Waals surface area contributed by atoms with E-state index in [-0.39, 0.29) is 0 Å². The zero-order chi connectivity index (χ0) is 13.2. The van der Waals surface area contributed by atoms with Crippen LogP contribution >= 0.6 is 0 Å². The summed E-state index contributed by atoms with van der Waals surface area (Å²) in [6.07, 6.45) is 1.89. The molecule has 100 valence electrons. The van der Waals surface area contributed by atoms with E-state index in [9.17, 15) is 0 Å². The predicted octanol–water partition coefficient (Wildman–Crippen LogP) is 2.52. The molecule has 0 spiro atoms. The van der Waals surface area contributed by atoms with E-state index in [2.05, 4.69) is 10.1 Å². The third-order valence-electron chi connectivity index (χ3n) is 3.55. The van der Waals surface area contributed by atoms with Crippen LogP contribution in [-0.2, 0) is 4.74 Å². The summed E-state index contributed by atoms with van der Waals surface area (Å²) in [4.78, 5) is 4.51. The molecular formula is C14H17N3O2. The zero-order valence-corrected chi connectivity index (χ0v) is 10.9. The Hall–Kier alpha value is -1.88. The van der Waals surface area contributed by atoms with E-state index in [1.807, 2.05) is 25.1 Å². The molecule has 1 aromatic heterocycles. The van der Waals surface area contributed by atoms with Gasteiger partial charge in [-0.2, -0.15) is 4.98 Å². The minimum atomic E-state index is 0.330. The Morgan fingerprint density at radius 1 is 1.26 bits per heavy atom. The second-order valence-corrected chi connectivity index (χ2v) is 4.88. The van der Waals surface area contributed by atoms with Crippen molar-refractivity contribution in [3.05, 3.63) is 29.6 Å². The number of aromatic nitrogens is 2. The van der Waals surface area contributed by atoms with Gasteiger partial charge in [0.25, 0.3) is 5.89 Å². The van der Waals surface area contributed by atoms with E-state index in [0.717, 1.165) is 43.0 Å². The van der Waals surface area contributed by atoms with Crippen molar-refractivity contribution in [2.45, 2.75) is 25.7 Å². The van der Waals surface area contributed by atoms with Crippen molar-refractivity contribution in [1.29, 1.82) is 0 Å². The molecule has 0 atom stereocenters. The summed E-state index contributed by atoms with van der Waals surface area (Å²) < 4.78 is 10.7. The summed E-state index contributed by atoms with van der Waals surface area (Å²) in [5, 5.41) is 4.10. The Labute approximate surface area is 111 Å². The molecule has 0 bridgehead atoms. The lowest BCUT2D eigenvalue weighted by molar-refractivity contribution is 0.0830. The van der Waals surface area contributed by atoms with Crippen molar-refractivity contribution in [3.8, 4) is 11.5 Å². The van der Waals surface area contributed by atoms with Crippen LogP contribution in [0.15, 0.2) is 22.7 Å². The maximum absolute atomic E-state index is 5.99. The van der Waals surface area contributed by atoms with Gasteiger partial charge in [-0.25, -0.2) is 0 Å². The van der Waals surface area contributed by atoms with Crippen LogP contribution in [0, 0.1) is 6.92 Å². The van der Waals surface area contributed by atoms with Gasteiger partial charge in [0.2, 0.25) is 0 Å². The van der Waals surface area contributed by atoms with Gasteiger partial charge >= 0.3 is 0 Å². The van der Waals surface area contributed by atoms with Gasteiger partial charge in [0.05, 0.1) is 5.56 Å². The molecule has 0 unspecified atom stereocenters. The molecule has 1 saturated heterocycles. The van der Waals surface area contributed by atoms with Crippen molar-refractivity contribution in [2.75, 3.05) is 18.9 Å². The first-order valence-electron chi connectivity index (χ1n) is 6.52. The van der Waals surface area contributed by atoms with E-state index in [1.165, 1.54) is 0 Å². The van der Waals surface area contributed by atoms with Crippen molar-refractivity contribution in [3.63, 3.8) is 0 Å². The van der Waals surface area contributed by atoms with Crippen molar-refractivity contribution < 1.29 is 9.26 Å². The van der Waals surface area contributed by atoms with Crippen LogP contribution in [0.3, 0.4) is 0 Å². The standard InChI is InChI=1S/C14H17N3O2/c1-9-3-2-4-11(15)12(9)14-16-13(17-19-14)10-5-7-18-8-6-10/h2-4,10H,5-8,15H2,1H3. The molecule has 1 fully saturated rings. The van der Waals surface area contributed by atoms with Crippen LogP contribution in [0.1, 0.15) is 30.1 Å². The second-order valence-electron chi connectivity index (χ2n) is 4.88. The fourth-order valence-corrected chi connectivity index (χ4v) is 2.44. The number of nitrogens with two attached hydrogens (primary N) is 1. The number of benzene rings is 1. The maximum atomic E-state index is 5.99. The molecular weight excluding hydrogens is 242 g/mol. The summed E-state index contributed by atoms with van der Waals surface area (Å²) in [5.41, 5.74) is 8.55. The number of nitrogens with zero attached hydrogens (tertiary/aromatic N) is 2. The SMILES string of the molecule is Cc1cccc(N)c1-c1nc(C2CCOCC2)no1. The van der Waals surface area contributed by atoms with Crippen molar-refractivity contribution >= 4 is 5.69 Å². The van der Waals surface area contributed by atoms with Gasteiger partial charge in [0.1, 0.15) is 0 Å². The van der Waals surface area contributed by atoms with Gasteiger partial charge in [-0.1, -0.05) is 17.3 Å². The smallest absolute Gasteiger partial charge is 0.260 e. The van der Waals surface area contributed by atoms with E-state index >= 15 is 0 Å². The highest BCUT2D eigenvalue weighted by Gasteiger charge is 2.22. The lowest BCUT2D eigenvalue weighted by Gasteiger charge is -2.18. The molecule has 2 N–H and O–H groups in total. The molecule has 2 heterocycles. The Morgan fingerprint density at radius 2 is 2.05 bits per heavy atom. The summed E-state index contributed by atoms with van der Waals surface area (Å²) in [5.74, 6) is 1.61. The molecule has 1 aromatic carbocycles. The molecule has 0 aliphatic carbocycles. The Morgan fingerprint density at radius 3 is 2.79 bits per heavy atom. The van der Waals surface area contributed by atoms with E-state index in [4.69, 9.17) is 15.0 Å². The van der Waals surface area contributed by atoms with E-state index in [1.54, 1.807) is 0 Å². The summed E-state index contributed by atoms with van der Waals surface area (Å²) in [6, 6.07) is 5.76. The normalized spacial score (nSPS) is 16.7. The number of aryl methyl sites for hydroxylation is 1. The summed E-state index contributed by atoms with van der Waals surface area (Å²) >= 11 is 0. The third-order valence-corrected chi connectivity index (χ3v) is 3.55. The first-order valence-corrected chi connectivity index (χ1v) is 6.52. The van der Waals surface area contributed by atoms with Crippen molar-refractivity contribution in [1.82, 2.24) is 10.1 Å². The summed E-state index contributed by atoms with van der Waals surface area (Å²) in [6.45, 7) is 3.52. The lowest BCUT2D eigenvalue weighted by atomic mass is 10.00. The predicted molar refractivity (Wildman–Crippen MR) is 71.7 cm³/mol. The van der Waals surface area contributed by atoms with E-state index in [0.29, 0.717) is 17.5 Å². The number of hydrogen-bond acceptors (Lipinski definition) is 5. The number of anilines is 1. The molecule has 5 nitrogen and oxygen atoms in total. The third kappa shape index (κ3) is 2.33. The second kappa shape index (κ2) is 5.01. The van der Waals surface area contributed by atoms with Crippen LogP contribution in [0.4, 0.5) is 5.69 Å². The summed E-state index contributed by atoms with van der Waals surface area (Å²) in [7, 11) is 0.